The van der Waals surface area contributed by atoms with Crippen LogP contribution in [0.4, 0.5) is 5.69 Å². The lowest BCUT2D eigenvalue weighted by Gasteiger charge is -2.12. The topological polar surface area (TPSA) is 24.1 Å². The third-order valence-corrected chi connectivity index (χ3v) is 2.95. The van der Waals surface area contributed by atoms with E-state index in [1.54, 1.807) is 0 Å². The highest BCUT2D eigenvalue weighted by molar-refractivity contribution is 5.52. The number of rotatable bonds is 6. The van der Waals surface area contributed by atoms with Crippen molar-refractivity contribution in [2.45, 2.75) is 6.42 Å². The predicted octanol–water partition coefficient (Wildman–Crippen LogP) is 2.91. The summed E-state index contributed by atoms with van der Waals surface area (Å²) < 4.78 is 0. The van der Waals surface area contributed by atoms with Gasteiger partial charge >= 0.3 is 0 Å². The first kappa shape index (κ1) is 12.7. The van der Waals surface area contributed by atoms with Crippen LogP contribution in [0, 0.1) is 0 Å². The molecular formula is C16H20N2. The lowest BCUT2D eigenvalue weighted by molar-refractivity contribution is 0.823. The molecule has 18 heavy (non-hydrogen) atoms. The lowest BCUT2D eigenvalue weighted by atomic mass is 10.0. The molecule has 0 spiro atoms. The largest absolute Gasteiger partial charge is 0.384 e. The van der Waals surface area contributed by atoms with Crippen molar-refractivity contribution in [2.24, 2.45) is 0 Å². The molecule has 2 nitrogen and oxygen atoms in total. The summed E-state index contributed by atoms with van der Waals surface area (Å²) in [5.74, 6) is 0. The standard InChI is InChI=1S/C16H20N2/c1-17-11-12-18-16-10-6-5-9-15(16)13-14-7-3-2-4-8-14/h2-10,17-18H,11-13H2,1H3. The number of likely N-dealkylation sites (N-methyl/N-ethyl adjacent to an activating group) is 1. The Hall–Kier alpha value is -1.80. The van der Waals surface area contributed by atoms with Gasteiger partial charge in [0.25, 0.3) is 0 Å². The third-order valence-electron chi connectivity index (χ3n) is 2.95. The summed E-state index contributed by atoms with van der Waals surface area (Å²) in [6.07, 6.45) is 0.976. The minimum absolute atomic E-state index is 0.947. The lowest BCUT2D eigenvalue weighted by Crippen LogP contribution is -2.18. The number of anilines is 1. The molecule has 0 aliphatic heterocycles. The Balaban J connectivity index is 2.07. The molecule has 2 N–H and O–H groups in total. The molecule has 2 heteroatoms. The number of para-hydroxylation sites is 1. The van der Waals surface area contributed by atoms with E-state index < -0.39 is 0 Å². The van der Waals surface area contributed by atoms with Gasteiger partial charge in [0, 0.05) is 18.8 Å². The summed E-state index contributed by atoms with van der Waals surface area (Å²) in [5.41, 5.74) is 3.93. The van der Waals surface area contributed by atoms with Crippen LogP contribution in [-0.2, 0) is 6.42 Å². The minimum Gasteiger partial charge on any atom is -0.384 e. The third kappa shape index (κ3) is 3.60. The number of hydrogen-bond acceptors (Lipinski definition) is 2. The molecule has 0 saturated carbocycles. The van der Waals surface area contributed by atoms with E-state index in [1.165, 1.54) is 16.8 Å². The van der Waals surface area contributed by atoms with Crippen LogP contribution in [0.3, 0.4) is 0 Å². The van der Waals surface area contributed by atoms with Crippen LogP contribution in [0.25, 0.3) is 0 Å². The maximum Gasteiger partial charge on any atom is 0.0376 e. The summed E-state index contributed by atoms with van der Waals surface area (Å²) in [5, 5.41) is 6.62. The SMILES string of the molecule is CNCCNc1ccccc1Cc1ccccc1. The first-order valence-corrected chi connectivity index (χ1v) is 6.40. The van der Waals surface area contributed by atoms with Gasteiger partial charge in [-0.25, -0.2) is 0 Å². The highest BCUT2D eigenvalue weighted by Crippen LogP contribution is 2.18. The van der Waals surface area contributed by atoms with E-state index in [9.17, 15) is 0 Å². The van der Waals surface area contributed by atoms with Crippen LogP contribution in [0.15, 0.2) is 54.6 Å². The Labute approximate surface area is 109 Å². The molecule has 0 heterocycles. The monoisotopic (exact) mass is 240 g/mol. The van der Waals surface area contributed by atoms with Crippen LogP contribution in [0.5, 0.6) is 0 Å². The first-order valence-electron chi connectivity index (χ1n) is 6.40. The van der Waals surface area contributed by atoms with Crippen LogP contribution < -0.4 is 10.6 Å². The molecule has 0 bridgehead atoms. The van der Waals surface area contributed by atoms with Gasteiger partial charge in [-0.15, -0.1) is 0 Å². The number of benzene rings is 2. The van der Waals surface area contributed by atoms with Crippen molar-refractivity contribution in [2.75, 3.05) is 25.5 Å². The minimum atomic E-state index is 0.947. The van der Waals surface area contributed by atoms with Gasteiger partial charge < -0.3 is 10.6 Å². The molecule has 0 aromatic heterocycles. The normalized spacial score (nSPS) is 10.3. The molecule has 2 rings (SSSR count). The van der Waals surface area contributed by atoms with Gasteiger partial charge in [-0.2, -0.15) is 0 Å². The molecule has 2 aromatic rings. The fraction of sp³-hybridized carbons (Fsp3) is 0.250. The summed E-state index contributed by atoms with van der Waals surface area (Å²) in [7, 11) is 1.97. The van der Waals surface area contributed by atoms with Gasteiger partial charge in [-0.1, -0.05) is 48.5 Å². The first-order chi connectivity index (χ1) is 8.90. The summed E-state index contributed by atoms with van der Waals surface area (Å²) in [6, 6.07) is 19.1. The van der Waals surface area contributed by atoms with Crippen molar-refractivity contribution in [1.82, 2.24) is 5.32 Å². The average Bonchev–Trinajstić information content (AvgIpc) is 2.42. The molecular weight excluding hydrogens is 220 g/mol. The van der Waals surface area contributed by atoms with Crippen LogP contribution in [0.2, 0.25) is 0 Å². The molecule has 0 radical (unpaired) electrons. The Morgan fingerprint density at radius 2 is 1.56 bits per heavy atom. The zero-order chi connectivity index (χ0) is 12.6. The quantitative estimate of drug-likeness (QED) is 0.759. The van der Waals surface area contributed by atoms with E-state index in [0.29, 0.717) is 0 Å². The predicted molar refractivity (Wildman–Crippen MR) is 78.1 cm³/mol. The smallest absolute Gasteiger partial charge is 0.0376 e. The van der Waals surface area contributed by atoms with Crippen molar-refractivity contribution < 1.29 is 0 Å². The zero-order valence-corrected chi connectivity index (χ0v) is 10.8. The van der Waals surface area contributed by atoms with E-state index in [-0.39, 0.29) is 0 Å². The maximum absolute atomic E-state index is 3.47. The van der Waals surface area contributed by atoms with Crippen molar-refractivity contribution in [1.29, 1.82) is 0 Å². The fourth-order valence-corrected chi connectivity index (χ4v) is 1.98. The number of nitrogens with one attached hydrogen (secondary N) is 2. The summed E-state index contributed by atoms with van der Waals surface area (Å²) in [6.45, 7) is 1.92. The molecule has 0 unspecified atom stereocenters. The maximum atomic E-state index is 3.47. The molecule has 0 aliphatic rings. The van der Waals surface area contributed by atoms with E-state index in [1.807, 2.05) is 7.05 Å². The average molecular weight is 240 g/mol. The summed E-state index contributed by atoms with van der Waals surface area (Å²) in [4.78, 5) is 0. The fourth-order valence-electron chi connectivity index (χ4n) is 1.98. The molecule has 0 fully saturated rings. The van der Waals surface area contributed by atoms with E-state index in [0.717, 1.165) is 19.5 Å². The second-order valence-electron chi connectivity index (χ2n) is 4.35. The van der Waals surface area contributed by atoms with Crippen molar-refractivity contribution in [3.63, 3.8) is 0 Å². The van der Waals surface area contributed by atoms with Gasteiger partial charge in [0.1, 0.15) is 0 Å². The van der Waals surface area contributed by atoms with Gasteiger partial charge in [0.2, 0.25) is 0 Å². The van der Waals surface area contributed by atoms with Gasteiger partial charge in [-0.3, -0.25) is 0 Å². The number of hydrogen-bond donors (Lipinski definition) is 2. The van der Waals surface area contributed by atoms with E-state index in [2.05, 4.69) is 65.2 Å². The van der Waals surface area contributed by atoms with Gasteiger partial charge in [-0.05, 0) is 30.7 Å². The Bertz CT molecular complexity index is 466. The van der Waals surface area contributed by atoms with E-state index >= 15 is 0 Å². The molecule has 0 amide bonds. The van der Waals surface area contributed by atoms with Gasteiger partial charge in [0.05, 0.1) is 0 Å². The summed E-state index contributed by atoms with van der Waals surface area (Å²) >= 11 is 0. The van der Waals surface area contributed by atoms with Crippen LogP contribution in [0.1, 0.15) is 11.1 Å². The van der Waals surface area contributed by atoms with Crippen LogP contribution >= 0.6 is 0 Å². The van der Waals surface area contributed by atoms with Crippen molar-refractivity contribution in [3.05, 3.63) is 65.7 Å². The highest BCUT2D eigenvalue weighted by Gasteiger charge is 2.01. The van der Waals surface area contributed by atoms with Crippen molar-refractivity contribution in [3.8, 4) is 0 Å². The second-order valence-corrected chi connectivity index (χ2v) is 4.35. The Morgan fingerprint density at radius 3 is 2.33 bits per heavy atom. The molecule has 0 atom stereocenters. The Morgan fingerprint density at radius 1 is 0.833 bits per heavy atom. The van der Waals surface area contributed by atoms with E-state index in [4.69, 9.17) is 0 Å². The molecule has 0 saturated heterocycles. The highest BCUT2D eigenvalue weighted by atomic mass is 14.9. The Kier molecular flexibility index (Phi) is 4.79. The molecule has 0 aliphatic carbocycles. The van der Waals surface area contributed by atoms with Gasteiger partial charge in [0.15, 0.2) is 0 Å². The molecule has 2 aromatic carbocycles. The van der Waals surface area contributed by atoms with Crippen LogP contribution in [-0.4, -0.2) is 20.1 Å². The zero-order valence-electron chi connectivity index (χ0n) is 10.8. The van der Waals surface area contributed by atoms with Crippen molar-refractivity contribution >= 4 is 5.69 Å². The molecule has 94 valence electrons. The second kappa shape index (κ2) is 6.82.